The van der Waals surface area contributed by atoms with Gasteiger partial charge in [0.05, 0.1) is 5.69 Å². The van der Waals surface area contributed by atoms with Crippen molar-refractivity contribution in [2.24, 2.45) is 0 Å². The SMILES string of the molecule is O=S(=O)(Nc1ccccc1F)c1c(Cl)nc2ccccn12. The van der Waals surface area contributed by atoms with E-state index < -0.39 is 15.8 Å². The van der Waals surface area contributed by atoms with Crippen LogP contribution in [0.4, 0.5) is 10.1 Å². The summed E-state index contributed by atoms with van der Waals surface area (Å²) in [7, 11) is -4.07. The summed E-state index contributed by atoms with van der Waals surface area (Å²) in [5.74, 6) is -0.675. The maximum atomic E-state index is 13.6. The molecule has 0 bridgehead atoms. The molecular weight excluding hydrogens is 317 g/mol. The second-order valence-electron chi connectivity index (χ2n) is 4.22. The highest BCUT2D eigenvalue weighted by Gasteiger charge is 2.25. The van der Waals surface area contributed by atoms with Crippen molar-refractivity contribution in [2.45, 2.75) is 5.03 Å². The highest BCUT2D eigenvalue weighted by Crippen LogP contribution is 2.25. The van der Waals surface area contributed by atoms with E-state index in [-0.39, 0.29) is 15.9 Å². The van der Waals surface area contributed by atoms with Crippen LogP contribution >= 0.6 is 11.6 Å². The van der Waals surface area contributed by atoms with Crippen LogP contribution in [0.5, 0.6) is 0 Å². The molecule has 0 aliphatic rings. The molecule has 108 valence electrons. The molecule has 0 atom stereocenters. The minimum atomic E-state index is -4.07. The summed E-state index contributed by atoms with van der Waals surface area (Å²) in [6.07, 6.45) is 1.52. The number of halogens is 2. The quantitative estimate of drug-likeness (QED) is 0.805. The van der Waals surface area contributed by atoms with Gasteiger partial charge in [0, 0.05) is 6.20 Å². The van der Waals surface area contributed by atoms with Gasteiger partial charge in [0.1, 0.15) is 11.5 Å². The summed E-state index contributed by atoms with van der Waals surface area (Å²) in [4.78, 5) is 3.96. The maximum absolute atomic E-state index is 13.6. The number of hydrogen-bond acceptors (Lipinski definition) is 3. The zero-order valence-electron chi connectivity index (χ0n) is 10.5. The van der Waals surface area contributed by atoms with Gasteiger partial charge in [0.2, 0.25) is 0 Å². The van der Waals surface area contributed by atoms with Gasteiger partial charge in [-0.05, 0) is 24.3 Å². The molecule has 0 spiro atoms. The Morgan fingerprint density at radius 1 is 1.14 bits per heavy atom. The fourth-order valence-corrected chi connectivity index (χ4v) is 3.64. The Bertz CT molecular complexity index is 924. The van der Waals surface area contributed by atoms with Crippen LogP contribution in [0.1, 0.15) is 0 Å². The first kappa shape index (κ1) is 13.8. The molecule has 0 fully saturated rings. The number of nitrogens with one attached hydrogen (secondary N) is 1. The van der Waals surface area contributed by atoms with Gasteiger partial charge in [-0.15, -0.1) is 0 Å². The lowest BCUT2D eigenvalue weighted by molar-refractivity contribution is 0.594. The molecule has 3 rings (SSSR count). The Kier molecular flexibility index (Phi) is 3.30. The largest absolute Gasteiger partial charge is 0.288 e. The van der Waals surface area contributed by atoms with Gasteiger partial charge in [0.25, 0.3) is 10.0 Å². The van der Waals surface area contributed by atoms with Crippen LogP contribution in [-0.2, 0) is 10.0 Å². The van der Waals surface area contributed by atoms with Crippen LogP contribution in [0.2, 0.25) is 5.15 Å². The number of fused-ring (bicyclic) bond motifs is 1. The van der Waals surface area contributed by atoms with Crippen molar-refractivity contribution in [1.29, 1.82) is 0 Å². The molecule has 5 nitrogen and oxygen atoms in total. The number of aromatic nitrogens is 2. The van der Waals surface area contributed by atoms with Gasteiger partial charge in [-0.2, -0.15) is 8.42 Å². The van der Waals surface area contributed by atoms with E-state index in [1.807, 2.05) is 0 Å². The van der Waals surface area contributed by atoms with Gasteiger partial charge in [0.15, 0.2) is 10.2 Å². The van der Waals surface area contributed by atoms with E-state index >= 15 is 0 Å². The Balaban J connectivity index is 2.13. The molecule has 0 radical (unpaired) electrons. The summed E-state index contributed by atoms with van der Waals surface area (Å²) < 4.78 is 41.9. The number of anilines is 1. The Labute approximate surface area is 125 Å². The third-order valence-corrected chi connectivity index (χ3v) is 4.58. The predicted octanol–water partition coefficient (Wildman–Crippen LogP) is 2.93. The molecule has 1 aromatic carbocycles. The summed E-state index contributed by atoms with van der Waals surface area (Å²) >= 11 is 5.91. The molecule has 3 aromatic rings. The van der Waals surface area contributed by atoms with E-state index in [0.29, 0.717) is 5.65 Å². The Hall–Kier alpha value is -2.12. The predicted molar refractivity (Wildman–Crippen MR) is 77.4 cm³/mol. The van der Waals surface area contributed by atoms with Crippen molar-refractivity contribution in [3.8, 4) is 0 Å². The fourth-order valence-electron chi connectivity index (χ4n) is 1.92. The number of benzene rings is 1. The van der Waals surface area contributed by atoms with Crippen LogP contribution in [0.3, 0.4) is 0 Å². The molecule has 0 amide bonds. The molecule has 21 heavy (non-hydrogen) atoms. The average Bonchev–Trinajstić information content (AvgIpc) is 2.77. The molecule has 2 heterocycles. The second-order valence-corrected chi connectivity index (χ2v) is 6.18. The minimum absolute atomic E-state index is 0.153. The maximum Gasteiger partial charge on any atom is 0.281 e. The molecule has 0 unspecified atom stereocenters. The Morgan fingerprint density at radius 3 is 2.62 bits per heavy atom. The van der Waals surface area contributed by atoms with E-state index in [9.17, 15) is 12.8 Å². The second kappa shape index (κ2) is 5.01. The topological polar surface area (TPSA) is 63.5 Å². The lowest BCUT2D eigenvalue weighted by Gasteiger charge is -2.08. The molecular formula is C13H9ClFN3O2S. The van der Waals surface area contributed by atoms with E-state index in [2.05, 4.69) is 9.71 Å². The van der Waals surface area contributed by atoms with Crippen LogP contribution in [0.15, 0.2) is 53.7 Å². The van der Waals surface area contributed by atoms with E-state index in [1.54, 1.807) is 18.2 Å². The number of pyridine rings is 1. The van der Waals surface area contributed by atoms with Crippen LogP contribution < -0.4 is 4.72 Å². The summed E-state index contributed by atoms with van der Waals surface area (Å²) in [5.41, 5.74) is 0.232. The third kappa shape index (κ3) is 2.45. The zero-order valence-corrected chi connectivity index (χ0v) is 12.1. The lowest BCUT2D eigenvalue weighted by Crippen LogP contribution is -2.16. The number of nitrogens with zero attached hydrogens (tertiary/aromatic N) is 2. The van der Waals surface area contributed by atoms with Gasteiger partial charge in [-0.3, -0.25) is 9.12 Å². The van der Waals surface area contributed by atoms with Gasteiger partial charge in [-0.1, -0.05) is 29.8 Å². The van der Waals surface area contributed by atoms with Crippen molar-refractivity contribution in [3.05, 3.63) is 59.6 Å². The molecule has 8 heteroatoms. The van der Waals surface area contributed by atoms with Crippen LogP contribution in [0, 0.1) is 5.82 Å². The number of para-hydroxylation sites is 1. The molecule has 1 N–H and O–H groups in total. The Morgan fingerprint density at radius 2 is 1.86 bits per heavy atom. The molecule has 0 aliphatic heterocycles. The standard InChI is InChI=1S/C13H9ClFN3O2S/c14-12-13(18-8-4-3-7-11(18)16-12)21(19,20)17-10-6-2-1-5-9(10)15/h1-8,17H. The number of rotatable bonds is 3. The summed E-state index contributed by atoms with van der Waals surface area (Å²) in [6.45, 7) is 0. The first-order valence-corrected chi connectivity index (χ1v) is 7.75. The van der Waals surface area contributed by atoms with E-state index in [4.69, 9.17) is 11.6 Å². The molecule has 2 aromatic heterocycles. The third-order valence-electron chi connectivity index (χ3n) is 2.82. The van der Waals surface area contributed by atoms with Crippen molar-refractivity contribution in [1.82, 2.24) is 9.38 Å². The first-order chi connectivity index (χ1) is 9.99. The number of sulfonamides is 1. The van der Waals surface area contributed by atoms with Gasteiger partial charge >= 0.3 is 0 Å². The normalized spacial score (nSPS) is 11.7. The highest BCUT2D eigenvalue weighted by molar-refractivity contribution is 7.92. The van der Waals surface area contributed by atoms with Crippen molar-refractivity contribution in [2.75, 3.05) is 4.72 Å². The van der Waals surface area contributed by atoms with Crippen molar-refractivity contribution < 1.29 is 12.8 Å². The minimum Gasteiger partial charge on any atom is -0.288 e. The fraction of sp³-hybridized carbons (Fsp3) is 0. The number of imidazole rings is 1. The van der Waals surface area contributed by atoms with E-state index in [0.717, 1.165) is 6.07 Å². The van der Waals surface area contributed by atoms with Crippen LogP contribution in [-0.4, -0.2) is 17.8 Å². The smallest absolute Gasteiger partial charge is 0.281 e. The van der Waals surface area contributed by atoms with Crippen molar-refractivity contribution >= 4 is 33.0 Å². The summed E-state index contributed by atoms with van der Waals surface area (Å²) in [5, 5.41) is -0.409. The molecule has 0 aliphatic carbocycles. The van der Waals surface area contributed by atoms with Crippen molar-refractivity contribution in [3.63, 3.8) is 0 Å². The monoisotopic (exact) mass is 325 g/mol. The molecule has 0 saturated carbocycles. The first-order valence-electron chi connectivity index (χ1n) is 5.89. The van der Waals surface area contributed by atoms with E-state index in [1.165, 1.54) is 28.8 Å². The molecule has 0 saturated heterocycles. The van der Waals surface area contributed by atoms with Crippen LogP contribution in [0.25, 0.3) is 5.65 Å². The number of hydrogen-bond donors (Lipinski definition) is 1. The highest BCUT2D eigenvalue weighted by atomic mass is 35.5. The zero-order chi connectivity index (χ0) is 15.0. The van der Waals surface area contributed by atoms with Gasteiger partial charge < -0.3 is 0 Å². The van der Waals surface area contributed by atoms with Gasteiger partial charge in [-0.25, -0.2) is 9.37 Å². The average molecular weight is 326 g/mol. The lowest BCUT2D eigenvalue weighted by atomic mass is 10.3. The summed E-state index contributed by atoms with van der Waals surface area (Å²) in [6, 6.07) is 10.4.